The van der Waals surface area contributed by atoms with Crippen LogP contribution in [0.2, 0.25) is 0 Å². The Morgan fingerprint density at radius 1 is 1.62 bits per heavy atom. The number of rotatable bonds is 7. The minimum atomic E-state index is -0.465. The molecule has 0 saturated carbocycles. The minimum Gasteiger partial charge on any atom is -0.390 e. The molecule has 4 nitrogen and oxygen atoms in total. The minimum absolute atomic E-state index is 0.0530. The maximum Gasteiger partial charge on any atom is 0.0860 e. The number of nitrogens with zero attached hydrogens (tertiary/aromatic N) is 2. The molecule has 0 bridgehead atoms. The van der Waals surface area contributed by atoms with Crippen molar-refractivity contribution in [1.29, 1.82) is 0 Å². The quantitative estimate of drug-likeness (QED) is 0.664. The van der Waals surface area contributed by atoms with E-state index in [4.69, 9.17) is 6.42 Å². The highest BCUT2D eigenvalue weighted by Gasteiger charge is 2.08. The van der Waals surface area contributed by atoms with E-state index in [-0.39, 0.29) is 6.04 Å². The topological polar surface area (TPSA) is 50.1 Å². The van der Waals surface area contributed by atoms with E-state index in [2.05, 4.69) is 23.3 Å². The number of hydrogen-bond donors (Lipinski definition) is 2. The Bertz CT molecular complexity index is 316. The zero-order valence-electron chi connectivity index (χ0n) is 9.63. The van der Waals surface area contributed by atoms with E-state index in [0.29, 0.717) is 13.1 Å². The third-order valence-corrected chi connectivity index (χ3v) is 2.34. The van der Waals surface area contributed by atoms with Gasteiger partial charge in [-0.1, -0.05) is 19.3 Å². The van der Waals surface area contributed by atoms with Crippen LogP contribution < -0.4 is 5.32 Å². The van der Waals surface area contributed by atoms with Crippen LogP contribution in [0.15, 0.2) is 18.5 Å². The van der Waals surface area contributed by atoms with Gasteiger partial charge in [-0.3, -0.25) is 4.68 Å². The Balaban J connectivity index is 2.24. The molecule has 0 aliphatic carbocycles. The van der Waals surface area contributed by atoms with Crippen LogP contribution in [0.1, 0.15) is 19.8 Å². The first kappa shape index (κ1) is 12.8. The normalized spacial score (nSPS) is 14.3. The summed E-state index contributed by atoms with van der Waals surface area (Å²) in [4.78, 5) is 0. The Kier molecular flexibility index (Phi) is 5.62. The van der Waals surface area contributed by atoms with Gasteiger partial charge in [0.25, 0.3) is 0 Å². The standard InChI is InChI=1S/C12H19N3O/c1-3-6-11(4-2)13-9-12(16)10-15-8-5-7-14-15/h2,5,7-8,11-13,16H,3,6,9-10H2,1H3. The summed E-state index contributed by atoms with van der Waals surface area (Å²) in [7, 11) is 0. The van der Waals surface area contributed by atoms with Gasteiger partial charge < -0.3 is 10.4 Å². The molecule has 0 spiro atoms. The number of hydrogen-bond acceptors (Lipinski definition) is 3. The van der Waals surface area contributed by atoms with Crippen molar-refractivity contribution in [3.05, 3.63) is 18.5 Å². The van der Waals surface area contributed by atoms with Crippen LogP contribution in [0, 0.1) is 12.3 Å². The molecule has 1 aromatic rings. The highest BCUT2D eigenvalue weighted by atomic mass is 16.3. The van der Waals surface area contributed by atoms with E-state index >= 15 is 0 Å². The van der Waals surface area contributed by atoms with Crippen LogP contribution in [-0.2, 0) is 6.54 Å². The number of aliphatic hydroxyl groups is 1. The average Bonchev–Trinajstić information content (AvgIpc) is 2.76. The molecule has 0 aromatic carbocycles. The molecule has 0 saturated heterocycles. The molecule has 0 aliphatic heterocycles. The molecular formula is C12H19N3O. The summed E-state index contributed by atoms with van der Waals surface area (Å²) < 4.78 is 1.71. The summed E-state index contributed by atoms with van der Waals surface area (Å²) >= 11 is 0. The second-order valence-corrected chi connectivity index (χ2v) is 3.80. The van der Waals surface area contributed by atoms with Gasteiger partial charge in [-0.25, -0.2) is 0 Å². The van der Waals surface area contributed by atoms with Crippen LogP contribution in [0.5, 0.6) is 0 Å². The maximum absolute atomic E-state index is 9.74. The van der Waals surface area contributed by atoms with Crippen molar-refractivity contribution in [2.45, 2.75) is 38.5 Å². The fraction of sp³-hybridized carbons (Fsp3) is 0.583. The molecule has 2 N–H and O–H groups in total. The Morgan fingerprint density at radius 2 is 2.44 bits per heavy atom. The summed E-state index contributed by atoms with van der Waals surface area (Å²) in [5.74, 6) is 2.67. The Labute approximate surface area is 96.7 Å². The first-order valence-corrected chi connectivity index (χ1v) is 5.61. The van der Waals surface area contributed by atoms with Crippen molar-refractivity contribution in [2.75, 3.05) is 6.54 Å². The molecule has 16 heavy (non-hydrogen) atoms. The van der Waals surface area contributed by atoms with Gasteiger partial charge in [0.2, 0.25) is 0 Å². The van der Waals surface area contributed by atoms with Gasteiger partial charge in [0, 0.05) is 18.9 Å². The first-order valence-electron chi connectivity index (χ1n) is 5.61. The lowest BCUT2D eigenvalue weighted by atomic mass is 10.2. The Hall–Kier alpha value is -1.31. The zero-order chi connectivity index (χ0) is 11.8. The summed E-state index contributed by atoms with van der Waals surface area (Å²) in [6.45, 7) is 3.07. The van der Waals surface area contributed by atoms with Gasteiger partial charge in [-0.05, 0) is 12.5 Å². The molecular weight excluding hydrogens is 202 g/mol. The van der Waals surface area contributed by atoms with Gasteiger partial charge in [0.1, 0.15) is 0 Å². The number of aromatic nitrogens is 2. The molecule has 0 radical (unpaired) electrons. The lowest BCUT2D eigenvalue weighted by molar-refractivity contribution is 0.144. The second-order valence-electron chi connectivity index (χ2n) is 3.80. The maximum atomic E-state index is 9.74. The van der Waals surface area contributed by atoms with Gasteiger partial charge >= 0.3 is 0 Å². The highest BCUT2D eigenvalue weighted by Crippen LogP contribution is 1.96. The predicted molar refractivity (Wildman–Crippen MR) is 63.8 cm³/mol. The lowest BCUT2D eigenvalue weighted by Gasteiger charge is -2.15. The van der Waals surface area contributed by atoms with Crippen molar-refractivity contribution >= 4 is 0 Å². The second kappa shape index (κ2) is 7.04. The largest absolute Gasteiger partial charge is 0.390 e. The highest BCUT2D eigenvalue weighted by molar-refractivity contribution is 4.98. The molecule has 0 fully saturated rings. The summed E-state index contributed by atoms with van der Waals surface area (Å²) in [5.41, 5.74) is 0. The van der Waals surface area contributed by atoms with Crippen LogP contribution in [0.3, 0.4) is 0 Å². The van der Waals surface area contributed by atoms with Gasteiger partial charge in [-0.15, -0.1) is 6.42 Å². The van der Waals surface area contributed by atoms with Crippen LogP contribution in [0.4, 0.5) is 0 Å². The van der Waals surface area contributed by atoms with Crippen LogP contribution in [-0.4, -0.2) is 33.6 Å². The van der Waals surface area contributed by atoms with Gasteiger partial charge in [0.15, 0.2) is 0 Å². The monoisotopic (exact) mass is 221 g/mol. The van der Waals surface area contributed by atoms with E-state index in [0.717, 1.165) is 12.8 Å². The number of nitrogens with one attached hydrogen (secondary N) is 1. The summed E-state index contributed by atoms with van der Waals surface area (Å²) in [6, 6.07) is 1.89. The summed E-state index contributed by atoms with van der Waals surface area (Å²) in [5, 5.41) is 16.9. The molecule has 88 valence electrons. The zero-order valence-corrected chi connectivity index (χ0v) is 9.63. The average molecular weight is 221 g/mol. The van der Waals surface area contributed by atoms with Crippen molar-refractivity contribution in [1.82, 2.24) is 15.1 Å². The van der Waals surface area contributed by atoms with Crippen molar-refractivity contribution in [3.8, 4) is 12.3 Å². The number of aliphatic hydroxyl groups excluding tert-OH is 1. The van der Waals surface area contributed by atoms with E-state index in [9.17, 15) is 5.11 Å². The first-order chi connectivity index (χ1) is 7.76. The van der Waals surface area contributed by atoms with E-state index < -0.39 is 6.10 Å². The smallest absolute Gasteiger partial charge is 0.0860 e. The fourth-order valence-electron chi connectivity index (χ4n) is 1.50. The van der Waals surface area contributed by atoms with Crippen LogP contribution in [0.25, 0.3) is 0 Å². The van der Waals surface area contributed by atoms with Gasteiger partial charge in [0.05, 0.1) is 18.7 Å². The Morgan fingerprint density at radius 3 is 3.00 bits per heavy atom. The number of terminal acetylenes is 1. The molecule has 1 rings (SSSR count). The van der Waals surface area contributed by atoms with E-state index in [1.54, 1.807) is 10.9 Å². The summed E-state index contributed by atoms with van der Waals surface area (Å²) in [6.07, 6.45) is 10.4. The third-order valence-electron chi connectivity index (χ3n) is 2.34. The van der Waals surface area contributed by atoms with Crippen LogP contribution >= 0.6 is 0 Å². The molecule has 1 heterocycles. The molecule has 1 aromatic heterocycles. The molecule has 2 unspecified atom stereocenters. The third kappa shape index (κ3) is 4.47. The molecule has 0 amide bonds. The fourth-order valence-corrected chi connectivity index (χ4v) is 1.50. The van der Waals surface area contributed by atoms with Crippen molar-refractivity contribution in [2.24, 2.45) is 0 Å². The molecule has 4 heteroatoms. The molecule has 2 atom stereocenters. The molecule has 0 aliphatic rings. The van der Waals surface area contributed by atoms with E-state index in [1.165, 1.54) is 0 Å². The lowest BCUT2D eigenvalue weighted by Crippen LogP contribution is -2.36. The van der Waals surface area contributed by atoms with Crippen molar-refractivity contribution in [3.63, 3.8) is 0 Å². The predicted octanol–water partition coefficient (Wildman–Crippen LogP) is 0.635. The van der Waals surface area contributed by atoms with Gasteiger partial charge in [-0.2, -0.15) is 5.10 Å². The SMILES string of the molecule is C#CC(CCC)NCC(O)Cn1cccn1. The van der Waals surface area contributed by atoms with E-state index in [1.807, 2.05) is 12.3 Å². The van der Waals surface area contributed by atoms with Crippen molar-refractivity contribution < 1.29 is 5.11 Å².